The number of carbonyl (C=O) groups excluding carboxylic acids is 1. The maximum atomic E-state index is 12.5. The second kappa shape index (κ2) is 5.52. The number of amides is 1. The van der Waals surface area contributed by atoms with Crippen LogP contribution in [0.3, 0.4) is 0 Å². The average Bonchev–Trinajstić information content (AvgIpc) is 2.70. The summed E-state index contributed by atoms with van der Waals surface area (Å²) < 4.78 is 1.75. The van der Waals surface area contributed by atoms with E-state index in [1.165, 1.54) is 6.42 Å². The van der Waals surface area contributed by atoms with Crippen LogP contribution in [0.15, 0.2) is 6.07 Å². The van der Waals surface area contributed by atoms with E-state index in [0.29, 0.717) is 18.3 Å². The van der Waals surface area contributed by atoms with E-state index in [0.717, 1.165) is 31.5 Å². The highest BCUT2D eigenvalue weighted by Gasteiger charge is 2.28. The third-order valence-corrected chi connectivity index (χ3v) is 3.72. The van der Waals surface area contributed by atoms with Gasteiger partial charge in [-0.05, 0) is 45.2 Å². The fraction of sp³-hybridized carbons (Fsp3) is 0.692. The third-order valence-electron chi connectivity index (χ3n) is 3.72. The number of aromatic nitrogens is 2. The fourth-order valence-corrected chi connectivity index (χ4v) is 2.57. The molecule has 0 aliphatic carbocycles. The number of hydrogen-bond acceptors (Lipinski definition) is 3. The summed E-state index contributed by atoms with van der Waals surface area (Å²) in [6.45, 7) is 3.42. The SMILES string of the molecule is Cc1cc(C(=O)N2CCCCC2CCN)nn1C. The van der Waals surface area contributed by atoms with Crippen molar-refractivity contribution in [1.29, 1.82) is 0 Å². The molecule has 2 rings (SSSR count). The molecule has 1 aliphatic heterocycles. The van der Waals surface area contributed by atoms with Crippen LogP contribution in [0.2, 0.25) is 0 Å². The molecule has 0 saturated carbocycles. The highest BCUT2D eigenvalue weighted by atomic mass is 16.2. The molecule has 1 aromatic rings. The Morgan fingerprint density at radius 3 is 2.94 bits per heavy atom. The zero-order valence-corrected chi connectivity index (χ0v) is 11.2. The van der Waals surface area contributed by atoms with Gasteiger partial charge in [-0.25, -0.2) is 0 Å². The van der Waals surface area contributed by atoms with E-state index < -0.39 is 0 Å². The van der Waals surface area contributed by atoms with Crippen LogP contribution in [0.25, 0.3) is 0 Å². The smallest absolute Gasteiger partial charge is 0.274 e. The van der Waals surface area contributed by atoms with Gasteiger partial charge in [-0.3, -0.25) is 9.48 Å². The molecule has 1 aromatic heterocycles. The largest absolute Gasteiger partial charge is 0.334 e. The van der Waals surface area contributed by atoms with E-state index in [2.05, 4.69) is 5.10 Å². The highest BCUT2D eigenvalue weighted by Crippen LogP contribution is 2.21. The predicted molar refractivity (Wildman–Crippen MR) is 70.3 cm³/mol. The van der Waals surface area contributed by atoms with Crippen LogP contribution in [-0.4, -0.2) is 39.7 Å². The van der Waals surface area contributed by atoms with E-state index in [-0.39, 0.29) is 5.91 Å². The van der Waals surface area contributed by atoms with Crippen LogP contribution >= 0.6 is 0 Å². The van der Waals surface area contributed by atoms with Crippen molar-refractivity contribution in [3.63, 3.8) is 0 Å². The van der Waals surface area contributed by atoms with Gasteiger partial charge in [0, 0.05) is 25.3 Å². The van der Waals surface area contributed by atoms with Crippen molar-refractivity contribution in [3.05, 3.63) is 17.5 Å². The summed E-state index contributed by atoms with van der Waals surface area (Å²) in [6.07, 6.45) is 4.22. The molecular formula is C13H22N4O. The molecular weight excluding hydrogens is 228 g/mol. The van der Waals surface area contributed by atoms with Crippen molar-refractivity contribution in [2.24, 2.45) is 12.8 Å². The first-order valence-electron chi connectivity index (χ1n) is 6.65. The summed E-state index contributed by atoms with van der Waals surface area (Å²) >= 11 is 0. The molecule has 1 aliphatic rings. The monoisotopic (exact) mass is 250 g/mol. The minimum absolute atomic E-state index is 0.0526. The van der Waals surface area contributed by atoms with Crippen LogP contribution in [0.1, 0.15) is 41.9 Å². The first kappa shape index (κ1) is 13.1. The average molecular weight is 250 g/mol. The zero-order valence-electron chi connectivity index (χ0n) is 11.2. The number of nitrogens with zero attached hydrogens (tertiary/aromatic N) is 3. The van der Waals surface area contributed by atoms with Gasteiger partial charge in [0.05, 0.1) is 0 Å². The maximum absolute atomic E-state index is 12.5. The van der Waals surface area contributed by atoms with Crippen molar-refractivity contribution in [3.8, 4) is 0 Å². The minimum Gasteiger partial charge on any atom is -0.334 e. The van der Waals surface area contributed by atoms with E-state index in [1.54, 1.807) is 4.68 Å². The number of rotatable bonds is 3. The van der Waals surface area contributed by atoms with Gasteiger partial charge >= 0.3 is 0 Å². The minimum atomic E-state index is 0.0526. The molecule has 0 aromatic carbocycles. The standard InChI is InChI=1S/C13H22N4O/c1-10-9-12(15-16(10)2)13(18)17-8-4-3-5-11(17)6-7-14/h9,11H,3-8,14H2,1-2H3. The van der Waals surface area contributed by atoms with Crippen LogP contribution in [0.4, 0.5) is 0 Å². The normalized spacial score (nSPS) is 20.2. The molecule has 5 heteroatoms. The lowest BCUT2D eigenvalue weighted by molar-refractivity contribution is 0.0598. The number of nitrogens with two attached hydrogens (primary N) is 1. The van der Waals surface area contributed by atoms with Crippen molar-refractivity contribution in [2.45, 2.75) is 38.6 Å². The Hall–Kier alpha value is -1.36. The number of aryl methyl sites for hydroxylation is 2. The van der Waals surface area contributed by atoms with Gasteiger partial charge in [0.2, 0.25) is 0 Å². The Kier molecular flexibility index (Phi) is 4.01. The molecule has 1 amide bonds. The topological polar surface area (TPSA) is 64.2 Å². The molecule has 0 spiro atoms. The quantitative estimate of drug-likeness (QED) is 0.873. The van der Waals surface area contributed by atoms with Crippen LogP contribution in [0, 0.1) is 6.92 Å². The molecule has 1 unspecified atom stereocenters. The van der Waals surface area contributed by atoms with E-state index >= 15 is 0 Å². The lowest BCUT2D eigenvalue weighted by Crippen LogP contribution is -2.44. The Morgan fingerprint density at radius 2 is 2.33 bits per heavy atom. The summed E-state index contributed by atoms with van der Waals surface area (Å²) in [7, 11) is 1.86. The van der Waals surface area contributed by atoms with E-state index in [1.807, 2.05) is 24.9 Å². The van der Waals surface area contributed by atoms with E-state index in [4.69, 9.17) is 5.73 Å². The summed E-state index contributed by atoms with van der Waals surface area (Å²) in [4.78, 5) is 14.4. The third kappa shape index (κ3) is 2.56. The Bertz CT molecular complexity index is 405. The first-order chi connectivity index (χ1) is 8.63. The first-order valence-corrected chi connectivity index (χ1v) is 6.65. The van der Waals surface area contributed by atoms with Crippen molar-refractivity contribution >= 4 is 5.91 Å². The maximum Gasteiger partial charge on any atom is 0.274 e. The van der Waals surface area contributed by atoms with Gasteiger partial charge in [-0.1, -0.05) is 0 Å². The summed E-state index contributed by atoms with van der Waals surface area (Å²) in [5.41, 5.74) is 7.19. The van der Waals surface area contributed by atoms with Gasteiger partial charge in [-0.2, -0.15) is 5.10 Å². The molecule has 2 heterocycles. The summed E-state index contributed by atoms with van der Waals surface area (Å²) in [5, 5.41) is 4.27. The molecule has 1 saturated heterocycles. The van der Waals surface area contributed by atoms with Crippen LogP contribution in [-0.2, 0) is 7.05 Å². The van der Waals surface area contributed by atoms with E-state index in [9.17, 15) is 4.79 Å². The molecule has 0 bridgehead atoms. The van der Waals surface area contributed by atoms with Gasteiger partial charge < -0.3 is 10.6 Å². The van der Waals surface area contributed by atoms with Crippen molar-refractivity contribution in [2.75, 3.05) is 13.1 Å². The van der Waals surface area contributed by atoms with Gasteiger partial charge in [0.1, 0.15) is 0 Å². The number of piperidine rings is 1. The number of carbonyl (C=O) groups is 1. The molecule has 1 atom stereocenters. The van der Waals surface area contributed by atoms with Gasteiger partial charge in [0.15, 0.2) is 5.69 Å². The second-order valence-corrected chi connectivity index (χ2v) is 5.02. The molecule has 18 heavy (non-hydrogen) atoms. The summed E-state index contributed by atoms with van der Waals surface area (Å²) in [5.74, 6) is 0.0526. The second-order valence-electron chi connectivity index (χ2n) is 5.02. The highest BCUT2D eigenvalue weighted by molar-refractivity contribution is 5.92. The Balaban J connectivity index is 2.15. The van der Waals surface area contributed by atoms with Crippen LogP contribution in [0.5, 0.6) is 0 Å². The van der Waals surface area contributed by atoms with Crippen molar-refractivity contribution < 1.29 is 4.79 Å². The molecule has 2 N–H and O–H groups in total. The lowest BCUT2D eigenvalue weighted by atomic mass is 9.99. The number of likely N-dealkylation sites (tertiary alicyclic amines) is 1. The Labute approximate surface area is 108 Å². The molecule has 5 nitrogen and oxygen atoms in total. The summed E-state index contributed by atoms with van der Waals surface area (Å²) in [6, 6.07) is 2.15. The lowest BCUT2D eigenvalue weighted by Gasteiger charge is -2.35. The number of hydrogen-bond donors (Lipinski definition) is 1. The Morgan fingerprint density at radius 1 is 1.56 bits per heavy atom. The van der Waals surface area contributed by atoms with Crippen LogP contribution < -0.4 is 5.73 Å². The zero-order chi connectivity index (χ0) is 13.1. The molecule has 1 fully saturated rings. The van der Waals surface area contributed by atoms with Gasteiger partial charge in [0.25, 0.3) is 5.91 Å². The molecule has 0 radical (unpaired) electrons. The predicted octanol–water partition coefficient (Wildman–Crippen LogP) is 1.07. The molecule has 100 valence electrons. The van der Waals surface area contributed by atoms with Gasteiger partial charge in [-0.15, -0.1) is 0 Å². The fourth-order valence-electron chi connectivity index (χ4n) is 2.57. The van der Waals surface area contributed by atoms with Crippen molar-refractivity contribution in [1.82, 2.24) is 14.7 Å².